The van der Waals surface area contributed by atoms with Crippen molar-refractivity contribution in [3.05, 3.63) is 34.3 Å². The molecule has 0 unspecified atom stereocenters. The van der Waals surface area contributed by atoms with Gasteiger partial charge >= 0.3 is 0 Å². The predicted molar refractivity (Wildman–Crippen MR) is 76.1 cm³/mol. The molecule has 20 heavy (non-hydrogen) atoms. The second-order valence-corrected chi connectivity index (χ2v) is 5.63. The summed E-state index contributed by atoms with van der Waals surface area (Å²) >= 11 is 3.46. The van der Waals surface area contributed by atoms with Gasteiger partial charge in [0.15, 0.2) is 11.6 Å². The molecule has 1 N–H and O–H groups in total. The van der Waals surface area contributed by atoms with E-state index in [9.17, 15) is 9.50 Å². The fourth-order valence-electron chi connectivity index (χ4n) is 2.43. The van der Waals surface area contributed by atoms with E-state index in [0.717, 1.165) is 16.7 Å². The number of halogens is 2. The SMILES string of the molecule is C[C@@H]1Cn2c(-c3ccc(F)c(O)c3)nc(Br)c2CCO1. The molecule has 6 heteroatoms. The quantitative estimate of drug-likeness (QED) is 0.867. The van der Waals surface area contributed by atoms with Gasteiger partial charge in [-0.05, 0) is 41.1 Å². The van der Waals surface area contributed by atoms with Crippen LogP contribution in [0.25, 0.3) is 11.4 Å². The molecule has 0 saturated carbocycles. The highest BCUT2D eigenvalue weighted by atomic mass is 79.9. The molecule has 106 valence electrons. The van der Waals surface area contributed by atoms with Crippen molar-refractivity contribution in [3.63, 3.8) is 0 Å². The number of hydrogen-bond donors (Lipinski definition) is 1. The van der Waals surface area contributed by atoms with Crippen LogP contribution in [0.2, 0.25) is 0 Å². The van der Waals surface area contributed by atoms with Crippen LogP contribution in [0.5, 0.6) is 5.75 Å². The first kappa shape index (κ1) is 13.6. The maximum Gasteiger partial charge on any atom is 0.164 e. The molecule has 0 bridgehead atoms. The van der Waals surface area contributed by atoms with E-state index in [0.29, 0.717) is 24.5 Å². The van der Waals surface area contributed by atoms with Crippen LogP contribution in [0, 0.1) is 5.82 Å². The highest BCUT2D eigenvalue weighted by Crippen LogP contribution is 2.30. The van der Waals surface area contributed by atoms with E-state index >= 15 is 0 Å². The fraction of sp³-hybridized carbons (Fsp3) is 0.357. The summed E-state index contributed by atoms with van der Waals surface area (Å²) in [5, 5.41) is 9.53. The molecule has 0 saturated heterocycles. The normalized spacial score (nSPS) is 18.6. The van der Waals surface area contributed by atoms with Gasteiger partial charge < -0.3 is 14.4 Å². The molecular weight excluding hydrogens is 327 g/mol. The van der Waals surface area contributed by atoms with Crippen molar-refractivity contribution in [2.75, 3.05) is 6.61 Å². The average molecular weight is 341 g/mol. The van der Waals surface area contributed by atoms with E-state index < -0.39 is 5.82 Å². The van der Waals surface area contributed by atoms with Crippen LogP contribution in [0.3, 0.4) is 0 Å². The number of aromatic nitrogens is 2. The zero-order valence-electron chi connectivity index (χ0n) is 10.9. The first-order chi connectivity index (χ1) is 9.56. The lowest BCUT2D eigenvalue weighted by molar-refractivity contribution is 0.0666. The van der Waals surface area contributed by atoms with E-state index in [-0.39, 0.29) is 11.9 Å². The van der Waals surface area contributed by atoms with Gasteiger partial charge in [-0.15, -0.1) is 0 Å². The molecule has 0 spiro atoms. The van der Waals surface area contributed by atoms with Gasteiger partial charge in [0.25, 0.3) is 0 Å². The monoisotopic (exact) mass is 340 g/mol. The number of aromatic hydroxyl groups is 1. The van der Waals surface area contributed by atoms with Crippen molar-refractivity contribution >= 4 is 15.9 Å². The lowest BCUT2D eigenvalue weighted by Gasteiger charge is -2.12. The number of ether oxygens (including phenoxy) is 1. The molecule has 0 radical (unpaired) electrons. The van der Waals surface area contributed by atoms with Crippen LogP contribution in [-0.4, -0.2) is 27.4 Å². The number of phenolic OH excluding ortho intramolecular Hbond substituents is 1. The summed E-state index contributed by atoms with van der Waals surface area (Å²) < 4.78 is 21.7. The van der Waals surface area contributed by atoms with Crippen LogP contribution >= 0.6 is 15.9 Å². The van der Waals surface area contributed by atoms with Gasteiger partial charge in [-0.25, -0.2) is 9.37 Å². The molecule has 2 heterocycles. The molecule has 0 aliphatic carbocycles. The molecule has 1 aromatic heterocycles. The van der Waals surface area contributed by atoms with E-state index in [1.54, 1.807) is 6.07 Å². The van der Waals surface area contributed by atoms with Crippen LogP contribution < -0.4 is 0 Å². The Balaban J connectivity index is 2.12. The Bertz CT molecular complexity index is 657. The lowest BCUT2D eigenvalue weighted by Crippen LogP contribution is -2.14. The van der Waals surface area contributed by atoms with E-state index in [1.807, 2.05) is 6.92 Å². The Morgan fingerprint density at radius 2 is 2.30 bits per heavy atom. The van der Waals surface area contributed by atoms with Gasteiger partial charge in [0.05, 0.1) is 24.9 Å². The van der Waals surface area contributed by atoms with Gasteiger partial charge in [0.2, 0.25) is 0 Å². The Labute approximate surface area is 124 Å². The van der Waals surface area contributed by atoms with E-state index in [1.165, 1.54) is 12.1 Å². The fourth-order valence-corrected chi connectivity index (χ4v) is 3.01. The second-order valence-electron chi connectivity index (χ2n) is 4.88. The summed E-state index contributed by atoms with van der Waals surface area (Å²) in [6.07, 6.45) is 0.857. The van der Waals surface area contributed by atoms with Crippen LogP contribution in [0.4, 0.5) is 4.39 Å². The molecular formula is C14H14BrFN2O2. The maximum atomic E-state index is 13.2. The Kier molecular flexibility index (Phi) is 3.52. The summed E-state index contributed by atoms with van der Waals surface area (Å²) in [4.78, 5) is 4.50. The summed E-state index contributed by atoms with van der Waals surface area (Å²) in [5.74, 6) is -0.291. The minimum Gasteiger partial charge on any atom is -0.505 e. The first-order valence-corrected chi connectivity index (χ1v) is 7.21. The topological polar surface area (TPSA) is 47.3 Å². The van der Waals surface area contributed by atoms with Crippen LogP contribution in [0.1, 0.15) is 12.6 Å². The number of benzene rings is 1. The second kappa shape index (κ2) is 5.18. The third-order valence-corrected chi connectivity index (χ3v) is 4.04. The average Bonchev–Trinajstić information content (AvgIpc) is 2.59. The molecule has 4 nitrogen and oxygen atoms in total. The molecule has 1 aliphatic heterocycles. The zero-order valence-corrected chi connectivity index (χ0v) is 12.5. The van der Waals surface area contributed by atoms with Crippen LogP contribution in [-0.2, 0) is 17.7 Å². The van der Waals surface area contributed by atoms with E-state index in [4.69, 9.17) is 4.74 Å². The third kappa shape index (κ3) is 2.33. The Morgan fingerprint density at radius 1 is 1.50 bits per heavy atom. The number of imidazole rings is 1. The minimum absolute atomic E-state index is 0.0881. The van der Waals surface area contributed by atoms with Gasteiger partial charge in [-0.2, -0.15) is 0 Å². The van der Waals surface area contributed by atoms with Crippen LogP contribution in [0.15, 0.2) is 22.8 Å². The van der Waals surface area contributed by atoms with Crippen molar-refractivity contribution in [2.24, 2.45) is 0 Å². The first-order valence-electron chi connectivity index (χ1n) is 6.41. The highest BCUT2D eigenvalue weighted by molar-refractivity contribution is 9.10. The summed E-state index contributed by atoms with van der Waals surface area (Å²) in [5.41, 5.74) is 1.75. The van der Waals surface area contributed by atoms with Crippen molar-refractivity contribution in [1.29, 1.82) is 0 Å². The number of hydrogen-bond acceptors (Lipinski definition) is 3. The Hall–Kier alpha value is -1.40. The molecule has 0 amide bonds. The molecule has 2 aromatic rings. The van der Waals surface area contributed by atoms with E-state index in [2.05, 4.69) is 25.5 Å². The molecule has 1 atom stereocenters. The largest absolute Gasteiger partial charge is 0.505 e. The number of fused-ring (bicyclic) bond motifs is 1. The third-order valence-electron chi connectivity index (χ3n) is 3.41. The van der Waals surface area contributed by atoms with Crippen molar-refractivity contribution in [2.45, 2.75) is 26.0 Å². The summed E-state index contributed by atoms with van der Waals surface area (Å²) in [6, 6.07) is 4.26. The Morgan fingerprint density at radius 3 is 3.05 bits per heavy atom. The minimum atomic E-state index is -0.632. The highest BCUT2D eigenvalue weighted by Gasteiger charge is 2.22. The number of nitrogens with zero attached hydrogens (tertiary/aromatic N) is 2. The van der Waals surface area contributed by atoms with Gasteiger partial charge in [0.1, 0.15) is 10.4 Å². The van der Waals surface area contributed by atoms with Gasteiger partial charge in [0, 0.05) is 12.0 Å². The van der Waals surface area contributed by atoms with Crippen molar-refractivity contribution in [1.82, 2.24) is 9.55 Å². The smallest absolute Gasteiger partial charge is 0.164 e. The standard InChI is InChI=1S/C14H14BrFN2O2/c1-8-7-18-11(4-5-20-8)13(15)17-14(18)9-2-3-10(16)12(19)6-9/h2-3,6,8,19H,4-5,7H2,1H3/t8-/m1/s1. The predicted octanol–water partition coefficient (Wildman–Crippen LogP) is 3.12. The summed E-state index contributed by atoms with van der Waals surface area (Å²) in [6.45, 7) is 3.34. The summed E-state index contributed by atoms with van der Waals surface area (Å²) in [7, 11) is 0. The molecule has 0 fully saturated rings. The molecule has 1 aromatic carbocycles. The number of rotatable bonds is 1. The van der Waals surface area contributed by atoms with Crippen molar-refractivity contribution < 1.29 is 14.2 Å². The molecule has 3 rings (SSSR count). The zero-order chi connectivity index (χ0) is 14.3. The maximum absolute atomic E-state index is 13.2. The van der Waals surface area contributed by atoms with Gasteiger partial charge in [-0.3, -0.25) is 0 Å². The molecule has 1 aliphatic rings. The number of phenols is 1. The van der Waals surface area contributed by atoms with Gasteiger partial charge in [-0.1, -0.05) is 0 Å². The van der Waals surface area contributed by atoms with Crippen molar-refractivity contribution in [3.8, 4) is 17.1 Å². The lowest BCUT2D eigenvalue weighted by atomic mass is 10.2.